The van der Waals surface area contributed by atoms with Crippen LogP contribution in [0.25, 0.3) is 0 Å². The molecule has 0 saturated heterocycles. The summed E-state index contributed by atoms with van der Waals surface area (Å²) in [6, 6.07) is 0. The fourth-order valence-corrected chi connectivity index (χ4v) is 1.23. The molecule has 58 valence electrons. The summed E-state index contributed by atoms with van der Waals surface area (Å²) in [4.78, 5) is 0. The highest BCUT2D eigenvalue weighted by molar-refractivity contribution is 4.97. The van der Waals surface area contributed by atoms with Gasteiger partial charge >= 0.3 is 0 Å². The van der Waals surface area contributed by atoms with Gasteiger partial charge in [-0.2, -0.15) is 0 Å². The van der Waals surface area contributed by atoms with Gasteiger partial charge in [0.2, 0.25) is 0 Å². The van der Waals surface area contributed by atoms with Crippen LogP contribution in [0.15, 0.2) is 12.2 Å². The smallest absolute Gasteiger partial charge is 0.207 e. The zero-order valence-electron chi connectivity index (χ0n) is 6.11. The van der Waals surface area contributed by atoms with E-state index >= 15 is 0 Å². The van der Waals surface area contributed by atoms with Crippen molar-refractivity contribution >= 4 is 0 Å². The van der Waals surface area contributed by atoms with Crippen LogP contribution in [0.3, 0.4) is 0 Å². The van der Waals surface area contributed by atoms with Crippen molar-refractivity contribution in [1.29, 1.82) is 0 Å². The summed E-state index contributed by atoms with van der Waals surface area (Å²) < 4.78 is 25.1. The molecule has 10 heavy (non-hydrogen) atoms. The molecule has 0 nitrogen and oxygen atoms in total. The molecule has 0 heterocycles. The Balaban J connectivity index is 2.55. The Labute approximate surface area is 59.9 Å². The van der Waals surface area contributed by atoms with Crippen molar-refractivity contribution in [3.8, 4) is 0 Å². The van der Waals surface area contributed by atoms with Crippen molar-refractivity contribution in [3.63, 3.8) is 0 Å². The molecule has 0 radical (unpaired) electrons. The number of hydrogen-bond acceptors (Lipinski definition) is 0. The van der Waals surface area contributed by atoms with Gasteiger partial charge in [-0.1, -0.05) is 12.2 Å². The summed E-state index contributed by atoms with van der Waals surface area (Å²) in [6.45, 7) is 0.993. The molecule has 0 aliphatic heterocycles. The van der Waals surface area contributed by atoms with Crippen LogP contribution in [-0.4, -0.2) is 5.92 Å². The maximum atomic E-state index is 12.6. The van der Waals surface area contributed by atoms with Gasteiger partial charge < -0.3 is 0 Å². The molecule has 0 N–H and O–H groups in total. The van der Waals surface area contributed by atoms with Crippen molar-refractivity contribution in [2.75, 3.05) is 0 Å². The molecule has 0 fully saturated rings. The van der Waals surface area contributed by atoms with E-state index in [1.54, 1.807) is 6.08 Å². The first kappa shape index (κ1) is 7.70. The summed E-state index contributed by atoms with van der Waals surface area (Å²) in [5.74, 6) is -3.03. The second-order valence-electron chi connectivity index (χ2n) is 2.92. The first-order valence-corrected chi connectivity index (χ1v) is 3.65. The first-order chi connectivity index (χ1) is 4.61. The van der Waals surface area contributed by atoms with Crippen molar-refractivity contribution in [1.82, 2.24) is 0 Å². The topological polar surface area (TPSA) is 0 Å². The fourth-order valence-electron chi connectivity index (χ4n) is 1.23. The molecule has 1 unspecified atom stereocenters. The lowest BCUT2D eigenvalue weighted by Gasteiger charge is -2.22. The van der Waals surface area contributed by atoms with Crippen molar-refractivity contribution in [2.24, 2.45) is 5.92 Å². The number of halogens is 2. The number of allylic oxidation sites excluding steroid dienone is 2. The monoisotopic (exact) mass is 146 g/mol. The minimum absolute atomic E-state index is 0.513. The third-order valence-corrected chi connectivity index (χ3v) is 1.91. The third-order valence-electron chi connectivity index (χ3n) is 1.91. The second-order valence-corrected chi connectivity index (χ2v) is 2.92. The minimum Gasteiger partial charge on any atom is -0.207 e. The quantitative estimate of drug-likeness (QED) is 0.499. The molecule has 0 aromatic rings. The summed E-state index contributed by atoms with van der Waals surface area (Å²) in [5.41, 5.74) is 0. The van der Waals surface area contributed by atoms with Crippen LogP contribution in [0.5, 0.6) is 0 Å². The van der Waals surface area contributed by atoms with E-state index in [4.69, 9.17) is 0 Å². The van der Waals surface area contributed by atoms with Gasteiger partial charge in [-0.25, -0.2) is 8.78 Å². The van der Waals surface area contributed by atoms with Crippen LogP contribution < -0.4 is 0 Å². The molecule has 0 aromatic heterocycles. The highest BCUT2D eigenvalue weighted by Crippen LogP contribution is 2.31. The minimum atomic E-state index is -2.52. The standard InChI is InChI=1S/C8H12F2/c1-8(9,10)7-5-3-2-4-6-7/h3,5,7H,2,4,6H2,1H3. The van der Waals surface area contributed by atoms with E-state index in [1.807, 2.05) is 6.08 Å². The lowest BCUT2D eigenvalue weighted by Crippen LogP contribution is -2.23. The van der Waals surface area contributed by atoms with E-state index in [9.17, 15) is 8.78 Å². The van der Waals surface area contributed by atoms with Crippen LogP contribution in [0.1, 0.15) is 26.2 Å². The molecule has 0 amide bonds. The summed E-state index contributed by atoms with van der Waals surface area (Å²) in [7, 11) is 0. The molecular formula is C8H12F2. The van der Waals surface area contributed by atoms with Gasteiger partial charge in [-0.3, -0.25) is 0 Å². The van der Waals surface area contributed by atoms with Crippen molar-refractivity contribution in [2.45, 2.75) is 32.1 Å². The predicted molar refractivity (Wildman–Crippen MR) is 37.1 cm³/mol. The van der Waals surface area contributed by atoms with Crippen LogP contribution >= 0.6 is 0 Å². The number of alkyl halides is 2. The van der Waals surface area contributed by atoms with Crippen LogP contribution in [0, 0.1) is 5.92 Å². The fraction of sp³-hybridized carbons (Fsp3) is 0.750. The Kier molecular flexibility index (Phi) is 2.07. The maximum absolute atomic E-state index is 12.6. The molecule has 0 spiro atoms. The van der Waals surface area contributed by atoms with Crippen molar-refractivity contribution in [3.05, 3.63) is 12.2 Å². The van der Waals surface area contributed by atoms with E-state index < -0.39 is 11.8 Å². The van der Waals surface area contributed by atoms with Crippen molar-refractivity contribution < 1.29 is 8.78 Å². The average Bonchev–Trinajstić information content (AvgIpc) is 1.88. The van der Waals surface area contributed by atoms with Gasteiger partial charge in [0.15, 0.2) is 0 Å². The molecule has 1 rings (SSSR count). The predicted octanol–water partition coefficient (Wildman–Crippen LogP) is 3.00. The summed E-state index contributed by atoms with van der Waals surface area (Å²) in [6.07, 6.45) is 6.01. The number of rotatable bonds is 1. The summed E-state index contributed by atoms with van der Waals surface area (Å²) in [5, 5.41) is 0. The zero-order valence-corrected chi connectivity index (χ0v) is 6.11. The SMILES string of the molecule is CC(F)(F)C1C=CCCC1. The molecule has 1 aliphatic rings. The Morgan fingerprint density at radius 1 is 1.50 bits per heavy atom. The molecule has 0 bridgehead atoms. The van der Waals surface area contributed by atoms with Gasteiger partial charge in [0.25, 0.3) is 5.92 Å². The second kappa shape index (κ2) is 2.69. The summed E-state index contributed by atoms with van der Waals surface area (Å²) >= 11 is 0. The maximum Gasteiger partial charge on any atom is 0.251 e. The lowest BCUT2D eigenvalue weighted by molar-refractivity contribution is -0.0256. The Bertz CT molecular complexity index is 133. The van der Waals surface area contributed by atoms with Gasteiger partial charge in [0, 0.05) is 5.92 Å². The van der Waals surface area contributed by atoms with Gasteiger partial charge in [-0.15, -0.1) is 0 Å². The van der Waals surface area contributed by atoms with Gasteiger partial charge in [-0.05, 0) is 26.2 Å². The molecule has 0 saturated carbocycles. The Hall–Kier alpha value is -0.400. The largest absolute Gasteiger partial charge is 0.251 e. The third kappa shape index (κ3) is 1.79. The van der Waals surface area contributed by atoms with E-state index in [2.05, 4.69) is 0 Å². The van der Waals surface area contributed by atoms with Crippen LogP contribution in [0.2, 0.25) is 0 Å². The lowest BCUT2D eigenvalue weighted by atomic mass is 9.91. The van der Waals surface area contributed by atoms with Crippen LogP contribution in [0.4, 0.5) is 8.78 Å². The van der Waals surface area contributed by atoms with E-state index in [0.717, 1.165) is 19.8 Å². The highest BCUT2D eigenvalue weighted by Gasteiger charge is 2.32. The number of hydrogen-bond donors (Lipinski definition) is 0. The first-order valence-electron chi connectivity index (χ1n) is 3.65. The van der Waals surface area contributed by atoms with Crippen LogP contribution in [-0.2, 0) is 0 Å². The zero-order chi connectivity index (χ0) is 7.61. The molecule has 1 aliphatic carbocycles. The van der Waals surface area contributed by atoms with Gasteiger partial charge in [0.1, 0.15) is 0 Å². The van der Waals surface area contributed by atoms with E-state index in [1.165, 1.54) is 0 Å². The van der Waals surface area contributed by atoms with E-state index in [0.29, 0.717) is 6.42 Å². The van der Waals surface area contributed by atoms with E-state index in [-0.39, 0.29) is 0 Å². The normalized spacial score (nSPS) is 26.9. The molecular weight excluding hydrogens is 134 g/mol. The Morgan fingerprint density at radius 2 is 2.20 bits per heavy atom. The average molecular weight is 146 g/mol. The highest BCUT2D eigenvalue weighted by atomic mass is 19.3. The van der Waals surface area contributed by atoms with Gasteiger partial charge in [0.05, 0.1) is 0 Å². The Morgan fingerprint density at radius 3 is 2.50 bits per heavy atom. The molecule has 2 heteroatoms. The molecule has 1 atom stereocenters. The molecule has 0 aromatic carbocycles.